The Labute approximate surface area is 205 Å². The molecular formula is C23H40IN5O2. The number of anilines is 1. The van der Waals surface area contributed by atoms with Crippen molar-refractivity contribution >= 4 is 35.6 Å². The normalized spacial score (nSPS) is 22.1. The molecule has 176 valence electrons. The number of guanidine groups is 1. The standard InChI is InChI=1S/C23H39N5O2.HI/c1-18-8-5-6-11-27(18)12-7-10-25-23(24-2)26-19-9-13-28(17-19)20-14-21(29-3)16-22(15-20)30-4;/h14-16,18-19H,5-13,17H2,1-4H3,(H2,24,25,26);1H. The third-order valence-electron chi connectivity index (χ3n) is 6.31. The zero-order valence-electron chi connectivity index (χ0n) is 19.5. The molecule has 0 aromatic heterocycles. The molecule has 2 atom stereocenters. The van der Waals surface area contributed by atoms with Crippen molar-refractivity contribution in [1.29, 1.82) is 0 Å². The van der Waals surface area contributed by atoms with Gasteiger partial charge in [-0.1, -0.05) is 6.42 Å². The second-order valence-electron chi connectivity index (χ2n) is 8.38. The van der Waals surface area contributed by atoms with Gasteiger partial charge in [-0.2, -0.15) is 0 Å². The smallest absolute Gasteiger partial charge is 0.191 e. The molecule has 31 heavy (non-hydrogen) atoms. The Balaban J connectivity index is 0.00000341. The van der Waals surface area contributed by atoms with Gasteiger partial charge in [-0.15, -0.1) is 24.0 Å². The van der Waals surface area contributed by atoms with Gasteiger partial charge in [0.05, 0.1) is 14.2 Å². The van der Waals surface area contributed by atoms with Crippen molar-refractivity contribution in [3.05, 3.63) is 18.2 Å². The van der Waals surface area contributed by atoms with Gasteiger partial charge in [0.15, 0.2) is 5.96 Å². The molecule has 2 unspecified atom stereocenters. The lowest BCUT2D eigenvalue weighted by Crippen LogP contribution is -2.45. The lowest BCUT2D eigenvalue weighted by molar-refractivity contribution is 0.159. The molecule has 8 heteroatoms. The summed E-state index contributed by atoms with van der Waals surface area (Å²) >= 11 is 0. The fraction of sp³-hybridized carbons (Fsp3) is 0.696. The molecule has 2 aliphatic rings. The fourth-order valence-corrected chi connectivity index (χ4v) is 4.45. The number of rotatable bonds is 8. The number of aliphatic imine (C=N–C) groups is 1. The maximum atomic E-state index is 5.42. The molecule has 3 rings (SSSR count). The van der Waals surface area contributed by atoms with Crippen LogP contribution in [0, 0.1) is 0 Å². The molecule has 2 heterocycles. The number of halogens is 1. The number of ether oxygens (including phenoxy) is 2. The van der Waals surface area contributed by atoms with E-state index in [1.165, 1.54) is 32.4 Å². The zero-order valence-corrected chi connectivity index (χ0v) is 21.9. The van der Waals surface area contributed by atoms with Crippen molar-refractivity contribution in [2.75, 3.05) is 58.9 Å². The summed E-state index contributed by atoms with van der Waals surface area (Å²) in [6.07, 6.45) is 6.29. The van der Waals surface area contributed by atoms with E-state index in [4.69, 9.17) is 9.47 Å². The van der Waals surface area contributed by atoms with Crippen molar-refractivity contribution in [2.24, 2.45) is 4.99 Å². The van der Waals surface area contributed by atoms with Crippen molar-refractivity contribution in [1.82, 2.24) is 15.5 Å². The van der Waals surface area contributed by atoms with Crippen LogP contribution >= 0.6 is 24.0 Å². The van der Waals surface area contributed by atoms with E-state index in [9.17, 15) is 0 Å². The van der Waals surface area contributed by atoms with E-state index in [0.717, 1.165) is 61.7 Å². The minimum absolute atomic E-state index is 0. The summed E-state index contributed by atoms with van der Waals surface area (Å²) in [6.45, 7) is 7.66. The summed E-state index contributed by atoms with van der Waals surface area (Å²) in [5.41, 5.74) is 1.13. The van der Waals surface area contributed by atoms with Crippen LogP contribution in [-0.2, 0) is 0 Å². The summed E-state index contributed by atoms with van der Waals surface area (Å²) < 4.78 is 10.8. The highest BCUT2D eigenvalue weighted by molar-refractivity contribution is 14.0. The molecule has 1 aromatic rings. The van der Waals surface area contributed by atoms with Gasteiger partial charge in [-0.25, -0.2) is 0 Å². The lowest BCUT2D eigenvalue weighted by Gasteiger charge is -2.33. The Bertz CT molecular complexity index is 680. The van der Waals surface area contributed by atoms with E-state index in [1.54, 1.807) is 14.2 Å². The molecule has 7 nitrogen and oxygen atoms in total. The third-order valence-corrected chi connectivity index (χ3v) is 6.31. The lowest BCUT2D eigenvalue weighted by atomic mass is 10.0. The Morgan fingerprint density at radius 3 is 2.48 bits per heavy atom. The average Bonchev–Trinajstić information content (AvgIpc) is 3.25. The molecule has 2 saturated heterocycles. The van der Waals surface area contributed by atoms with Crippen molar-refractivity contribution in [3.63, 3.8) is 0 Å². The maximum absolute atomic E-state index is 5.42. The van der Waals surface area contributed by atoms with Gasteiger partial charge in [-0.05, 0) is 39.2 Å². The van der Waals surface area contributed by atoms with Gasteiger partial charge < -0.3 is 29.9 Å². The second kappa shape index (κ2) is 13.2. The zero-order chi connectivity index (χ0) is 21.3. The number of methoxy groups -OCH3 is 2. The first-order valence-corrected chi connectivity index (χ1v) is 11.3. The van der Waals surface area contributed by atoms with Crippen LogP contribution in [-0.4, -0.2) is 76.9 Å². The van der Waals surface area contributed by atoms with E-state index in [2.05, 4.69) is 44.5 Å². The molecule has 0 saturated carbocycles. The minimum Gasteiger partial charge on any atom is -0.497 e. The van der Waals surface area contributed by atoms with Crippen LogP contribution in [0.25, 0.3) is 0 Å². The molecule has 0 bridgehead atoms. The predicted octanol–water partition coefficient (Wildman–Crippen LogP) is 3.33. The highest BCUT2D eigenvalue weighted by Crippen LogP contribution is 2.30. The summed E-state index contributed by atoms with van der Waals surface area (Å²) in [5.74, 6) is 2.54. The first-order chi connectivity index (χ1) is 14.6. The number of nitrogens with zero attached hydrogens (tertiary/aromatic N) is 3. The van der Waals surface area contributed by atoms with Crippen molar-refractivity contribution < 1.29 is 9.47 Å². The van der Waals surface area contributed by atoms with Gasteiger partial charge in [0.2, 0.25) is 0 Å². The molecule has 0 aliphatic carbocycles. The monoisotopic (exact) mass is 545 g/mol. The van der Waals surface area contributed by atoms with Crippen LogP contribution in [0.2, 0.25) is 0 Å². The van der Waals surface area contributed by atoms with Crippen LogP contribution in [0.5, 0.6) is 11.5 Å². The minimum atomic E-state index is 0. The van der Waals surface area contributed by atoms with E-state index in [0.29, 0.717) is 6.04 Å². The largest absolute Gasteiger partial charge is 0.497 e. The quantitative estimate of drug-likeness (QED) is 0.226. The average molecular weight is 546 g/mol. The van der Waals surface area contributed by atoms with Crippen LogP contribution in [0.1, 0.15) is 39.0 Å². The van der Waals surface area contributed by atoms with E-state index < -0.39 is 0 Å². The van der Waals surface area contributed by atoms with Gasteiger partial charge >= 0.3 is 0 Å². The number of nitrogens with one attached hydrogen (secondary N) is 2. The topological polar surface area (TPSA) is 61.4 Å². The Morgan fingerprint density at radius 1 is 1.10 bits per heavy atom. The summed E-state index contributed by atoms with van der Waals surface area (Å²) in [7, 11) is 5.23. The van der Waals surface area contributed by atoms with Crippen molar-refractivity contribution in [3.8, 4) is 11.5 Å². The fourth-order valence-electron chi connectivity index (χ4n) is 4.45. The molecular weight excluding hydrogens is 505 g/mol. The van der Waals surface area contributed by atoms with E-state index in [1.807, 2.05) is 13.1 Å². The number of benzene rings is 1. The molecule has 0 spiro atoms. The van der Waals surface area contributed by atoms with Crippen LogP contribution in [0.3, 0.4) is 0 Å². The van der Waals surface area contributed by atoms with Crippen LogP contribution < -0.4 is 25.0 Å². The molecule has 2 aliphatic heterocycles. The number of hydrogen-bond acceptors (Lipinski definition) is 5. The molecule has 1 aromatic carbocycles. The van der Waals surface area contributed by atoms with Crippen LogP contribution in [0.4, 0.5) is 5.69 Å². The van der Waals surface area contributed by atoms with Gasteiger partial charge in [0.25, 0.3) is 0 Å². The molecule has 2 fully saturated rings. The van der Waals surface area contributed by atoms with Crippen LogP contribution in [0.15, 0.2) is 23.2 Å². The summed E-state index contributed by atoms with van der Waals surface area (Å²) in [6, 6.07) is 7.15. The maximum Gasteiger partial charge on any atom is 0.191 e. The summed E-state index contributed by atoms with van der Waals surface area (Å²) in [4.78, 5) is 9.42. The molecule has 0 radical (unpaired) electrons. The highest BCUT2D eigenvalue weighted by Gasteiger charge is 2.24. The SMILES string of the molecule is CN=C(NCCCN1CCCCC1C)NC1CCN(c2cc(OC)cc(OC)c2)C1.I. The summed E-state index contributed by atoms with van der Waals surface area (Å²) in [5, 5.41) is 7.09. The first-order valence-electron chi connectivity index (χ1n) is 11.3. The Morgan fingerprint density at radius 2 is 1.84 bits per heavy atom. The first kappa shape index (κ1) is 25.8. The number of likely N-dealkylation sites (tertiary alicyclic amines) is 1. The van der Waals surface area contributed by atoms with E-state index >= 15 is 0 Å². The number of hydrogen-bond donors (Lipinski definition) is 2. The predicted molar refractivity (Wildman–Crippen MR) is 140 cm³/mol. The van der Waals surface area contributed by atoms with E-state index in [-0.39, 0.29) is 24.0 Å². The number of piperidine rings is 1. The Kier molecular flexibility index (Phi) is 11.0. The second-order valence-corrected chi connectivity index (χ2v) is 8.38. The third kappa shape index (κ3) is 7.59. The molecule has 0 amide bonds. The molecule has 2 N–H and O–H groups in total. The highest BCUT2D eigenvalue weighted by atomic mass is 127. The van der Waals surface area contributed by atoms with Gasteiger partial charge in [0.1, 0.15) is 11.5 Å². The Hall–Kier alpha value is -1.42. The van der Waals surface area contributed by atoms with Gasteiger partial charge in [0, 0.05) is 69.2 Å². The van der Waals surface area contributed by atoms with Crippen molar-refractivity contribution in [2.45, 2.75) is 51.1 Å². The van der Waals surface area contributed by atoms with Gasteiger partial charge in [-0.3, -0.25) is 4.99 Å².